The number of amides is 1. The zero-order chi connectivity index (χ0) is 17.2. The van der Waals surface area contributed by atoms with E-state index in [1.54, 1.807) is 16.9 Å². The van der Waals surface area contributed by atoms with Gasteiger partial charge in [-0.15, -0.1) is 0 Å². The van der Waals surface area contributed by atoms with Gasteiger partial charge in [-0.05, 0) is 31.0 Å². The van der Waals surface area contributed by atoms with Gasteiger partial charge < -0.3 is 10.6 Å². The van der Waals surface area contributed by atoms with Gasteiger partial charge in [0.05, 0.1) is 17.9 Å². The second-order valence-corrected chi connectivity index (χ2v) is 6.80. The first-order valence-electron chi connectivity index (χ1n) is 8.73. The van der Waals surface area contributed by atoms with Gasteiger partial charge in [-0.25, -0.2) is 9.07 Å². The smallest absolute Gasteiger partial charge is 0.238 e. The molecule has 4 rings (SSSR count). The Labute approximate surface area is 146 Å². The van der Waals surface area contributed by atoms with Crippen LogP contribution in [0.2, 0.25) is 0 Å². The van der Waals surface area contributed by atoms with E-state index in [2.05, 4.69) is 20.6 Å². The number of carbonyl (C=O) groups excluding carboxylic acids is 1. The van der Waals surface area contributed by atoms with Crippen LogP contribution in [-0.2, 0) is 11.3 Å². The number of carbonyl (C=O) groups is 1. The predicted octanol–water partition coefficient (Wildman–Crippen LogP) is 1.06. The summed E-state index contributed by atoms with van der Waals surface area (Å²) in [5, 5.41) is 10.7. The van der Waals surface area contributed by atoms with E-state index in [0.29, 0.717) is 18.3 Å². The average molecular weight is 343 g/mol. The molecule has 1 aliphatic carbocycles. The van der Waals surface area contributed by atoms with Crippen molar-refractivity contribution in [2.45, 2.75) is 31.5 Å². The van der Waals surface area contributed by atoms with Gasteiger partial charge in [-0.1, -0.05) is 6.07 Å². The van der Waals surface area contributed by atoms with Crippen LogP contribution in [0, 0.1) is 5.82 Å². The number of hydrogen-bond acceptors (Lipinski definition) is 4. The molecule has 1 aromatic heterocycles. The van der Waals surface area contributed by atoms with Crippen molar-refractivity contribution >= 4 is 5.91 Å². The lowest BCUT2D eigenvalue weighted by Crippen LogP contribution is -2.57. The molecule has 0 bridgehead atoms. The van der Waals surface area contributed by atoms with E-state index in [0.717, 1.165) is 38.0 Å². The minimum atomic E-state index is -0.277. The first kappa shape index (κ1) is 16.2. The highest BCUT2D eigenvalue weighted by Crippen LogP contribution is 2.19. The van der Waals surface area contributed by atoms with Crippen LogP contribution in [0.15, 0.2) is 36.7 Å². The molecule has 1 saturated carbocycles. The maximum Gasteiger partial charge on any atom is 0.238 e. The van der Waals surface area contributed by atoms with Crippen LogP contribution in [0.3, 0.4) is 0 Å². The molecular weight excluding hydrogens is 321 g/mol. The zero-order valence-electron chi connectivity index (χ0n) is 14.0. The number of hydrogen-bond donors (Lipinski definition) is 2. The van der Waals surface area contributed by atoms with Crippen molar-refractivity contribution in [1.29, 1.82) is 0 Å². The molecule has 1 atom stereocenters. The summed E-state index contributed by atoms with van der Waals surface area (Å²) in [6.45, 7) is 3.09. The number of halogens is 1. The number of nitrogens with one attached hydrogen (secondary N) is 2. The summed E-state index contributed by atoms with van der Waals surface area (Å²) in [5.41, 5.74) is 1.75. The summed E-state index contributed by atoms with van der Waals surface area (Å²) in [6, 6.07) is 6.59. The Balaban J connectivity index is 1.37. The first-order valence-corrected chi connectivity index (χ1v) is 8.73. The third kappa shape index (κ3) is 4.05. The number of piperazine rings is 1. The Morgan fingerprint density at radius 3 is 3.08 bits per heavy atom. The highest BCUT2D eigenvalue weighted by Gasteiger charge is 2.30. The highest BCUT2D eigenvalue weighted by atomic mass is 19.1. The van der Waals surface area contributed by atoms with E-state index in [1.807, 2.05) is 12.3 Å². The Morgan fingerprint density at radius 1 is 1.40 bits per heavy atom. The van der Waals surface area contributed by atoms with Crippen molar-refractivity contribution in [1.82, 2.24) is 25.3 Å². The highest BCUT2D eigenvalue weighted by molar-refractivity contribution is 5.82. The third-order valence-electron chi connectivity index (χ3n) is 4.61. The summed E-state index contributed by atoms with van der Waals surface area (Å²) < 4.78 is 15.0. The van der Waals surface area contributed by atoms with E-state index in [1.165, 1.54) is 12.1 Å². The molecule has 6 nitrogen and oxygen atoms in total. The van der Waals surface area contributed by atoms with Gasteiger partial charge in [0, 0.05) is 44.0 Å². The SMILES string of the molecule is O=C(NC1CC1)[C@@H]1CN(Cc2cnn(-c3cccc(F)c3)c2)CCN1. The first-order chi connectivity index (χ1) is 12.2. The average Bonchev–Trinajstić information content (AvgIpc) is 3.30. The molecule has 1 amide bonds. The van der Waals surface area contributed by atoms with Crippen LogP contribution in [0.4, 0.5) is 4.39 Å². The normalized spacial score (nSPS) is 21.2. The molecule has 0 unspecified atom stereocenters. The molecule has 2 heterocycles. The molecule has 2 aromatic rings. The van der Waals surface area contributed by atoms with Crippen molar-refractivity contribution in [2.24, 2.45) is 0 Å². The van der Waals surface area contributed by atoms with Crippen LogP contribution in [0.1, 0.15) is 18.4 Å². The Kier molecular flexibility index (Phi) is 4.50. The standard InChI is InChI=1S/C18H22FN5O/c19-14-2-1-3-16(8-14)24-11-13(9-21-24)10-23-7-6-20-17(12-23)18(25)22-15-4-5-15/h1-3,8-9,11,15,17,20H,4-7,10,12H2,(H,22,25)/t17-/m0/s1. The quantitative estimate of drug-likeness (QED) is 0.852. The minimum Gasteiger partial charge on any atom is -0.352 e. The molecule has 0 spiro atoms. The Bertz CT molecular complexity index is 757. The molecule has 2 aliphatic rings. The molecule has 132 valence electrons. The van der Waals surface area contributed by atoms with Gasteiger partial charge in [0.2, 0.25) is 5.91 Å². The Hall–Kier alpha value is -2.25. The molecular formula is C18H22FN5O. The summed E-state index contributed by atoms with van der Waals surface area (Å²) in [5.74, 6) is -0.177. The molecule has 1 aromatic carbocycles. The number of benzene rings is 1. The maximum absolute atomic E-state index is 13.4. The van der Waals surface area contributed by atoms with E-state index >= 15 is 0 Å². The van der Waals surface area contributed by atoms with E-state index < -0.39 is 0 Å². The van der Waals surface area contributed by atoms with Gasteiger partial charge in [0.15, 0.2) is 0 Å². The number of rotatable bonds is 5. The molecule has 1 saturated heterocycles. The van der Waals surface area contributed by atoms with Crippen molar-refractivity contribution in [3.63, 3.8) is 0 Å². The van der Waals surface area contributed by atoms with Crippen molar-refractivity contribution in [3.8, 4) is 5.69 Å². The van der Waals surface area contributed by atoms with Crippen LogP contribution in [-0.4, -0.2) is 52.3 Å². The largest absolute Gasteiger partial charge is 0.352 e. The summed E-state index contributed by atoms with van der Waals surface area (Å²) in [7, 11) is 0. The lowest BCUT2D eigenvalue weighted by Gasteiger charge is -2.32. The summed E-state index contributed by atoms with van der Waals surface area (Å²) in [6.07, 6.45) is 5.91. The van der Waals surface area contributed by atoms with Crippen molar-refractivity contribution in [3.05, 3.63) is 48.0 Å². The second kappa shape index (κ2) is 6.93. The fraction of sp³-hybridized carbons (Fsp3) is 0.444. The molecule has 1 aliphatic heterocycles. The fourth-order valence-electron chi connectivity index (χ4n) is 3.12. The van der Waals surface area contributed by atoms with Crippen LogP contribution < -0.4 is 10.6 Å². The molecule has 2 N–H and O–H groups in total. The summed E-state index contributed by atoms with van der Waals surface area (Å²) in [4.78, 5) is 14.5. The molecule has 2 fully saturated rings. The lowest BCUT2D eigenvalue weighted by molar-refractivity contribution is -0.124. The zero-order valence-corrected chi connectivity index (χ0v) is 14.0. The van der Waals surface area contributed by atoms with Gasteiger partial charge in [-0.3, -0.25) is 9.69 Å². The van der Waals surface area contributed by atoms with E-state index in [-0.39, 0.29) is 17.8 Å². The number of nitrogens with zero attached hydrogens (tertiary/aromatic N) is 3. The van der Waals surface area contributed by atoms with E-state index in [9.17, 15) is 9.18 Å². The fourth-order valence-corrected chi connectivity index (χ4v) is 3.12. The van der Waals surface area contributed by atoms with Crippen LogP contribution in [0.5, 0.6) is 0 Å². The minimum absolute atomic E-state index is 0.0997. The topological polar surface area (TPSA) is 62.2 Å². The molecule has 0 radical (unpaired) electrons. The van der Waals surface area contributed by atoms with Gasteiger partial charge in [0.1, 0.15) is 5.82 Å². The van der Waals surface area contributed by atoms with Crippen molar-refractivity contribution < 1.29 is 9.18 Å². The maximum atomic E-state index is 13.4. The van der Waals surface area contributed by atoms with E-state index in [4.69, 9.17) is 0 Å². The monoisotopic (exact) mass is 343 g/mol. The predicted molar refractivity (Wildman–Crippen MR) is 91.8 cm³/mol. The molecule has 25 heavy (non-hydrogen) atoms. The second-order valence-electron chi connectivity index (χ2n) is 6.80. The van der Waals surface area contributed by atoms with Gasteiger partial charge >= 0.3 is 0 Å². The van der Waals surface area contributed by atoms with Gasteiger partial charge in [-0.2, -0.15) is 5.10 Å². The molecule has 7 heteroatoms. The van der Waals surface area contributed by atoms with Crippen molar-refractivity contribution in [2.75, 3.05) is 19.6 Å². The Morgan fingerprint density at radius 2 is 2.28 bits per heavy atom. The van der Waals surface area contributed by atoms with Crippen LogP contribution >= 0.6 is 0 Å². The summed E-state index contributed by atoms with van der Waals surface area (Å²) >= 11 is 0. The third-order valence-corrected chi connectivity index (χ3v) is 4.61. The van der Waals surface area contributed by atoms with Gasteiger partial charge in [0.25, 0.3) is 0 Å². The number of aromatic nitrogens is 2. The lowest BCUT2D eigenvalue weighted by atomic mass is 10.2. The van der Waals surface area contributed by atoms with Crippen LogP contribution in [0.25, 0.3) is 5.69 Å².